The van der Waals surface area contributed by atoms with Gasteiger partial charge in [-0.3, -0.25) is 14.2 Å². The average Bonchev–Trinajstić information content (AvgIpc) is 2.77. The number of para-hydroxylation sites is 1. The highest BCUT2D eigenvalue weighted by atomic mass is 35.5. The molecule has 1 aromatic heterocycles. The fraction of sp³-hybridized carbons (Fsp3) is 0.348. The van der Waals surface area contributed by atoms with Gasteiger partial charge >= 0.3 is 0 Å². The monoisotopic (exact) mass is 424 g/mol. The highest BCUT2D eigenvalue weighted by Gasteiger charge is 2.19. The predicted molar refractivity (Wildman–Crippen MR) is 120 cm³/mol. The molecule has 0 radical (unpaired) electrons. The van der Waals surface area contributed by atoms with Crippen molar-refractivity contribution in [3.05, 3.63) is 69.5 Å². The molecule has 156 valence electrons. The van der Waals surface area contributed by atoms with Crippen LogP contribution in [0.1, 0.15) is 31.2 Å². The van der Waals surface area contributed by atoms with Crippen molar-refractivity contribution >= 4 is 34.4 Å². The van der Waals surface area contributed by atoms with Gasteiger partial charge in [-0.25, -0.2) is 4.98 Å². The lowest BCUT2D eigenvalue weighted by atomic mass is 10.1. The highest BCUT2D eigenvalue weighted by Crippen LogP contribution is 2.20. The first kappa shape index (κ1) is 20.4. The van der Waals surface area contributed by atoms with Gasteiger partial charge in [-0.05, 0) is 49.1 Å². The van der Waals surface area contributed by atoms with Crippen molar-refractivity contribution < 1.29 is 4.79 Å². The van der Waals surface area contributed by atoms with Crippen LogP contribution in [0.3, 0.4) is 0 Å². The van der Waals surface area contributed by atoms with Crippen LogP contribution >= 0.6 is 11.6 Å². The number of hydrogen-bond donors (Lipinski definition) is 1. The molecule has 0 atom stereocenters. The number of benzene rings is 2. The van der Waals surface area contributed by atoms with Gasteiger partial charge in [0.25, 0.3) is 5.56 Å². The zero-order valence-corrected chi connectivity index (χ0v) is 17.6. The molecule has 6 nitrogen and oxygen atoms in total. The summed E-state index contributed by atoms with van der Waals surface area (Å²) in [6, 6.07) is 14.8. The van der Waals surface area contributed by atoms with E-state index in [1.807, 2.05) is 36.4 Å². The first-order valence-corrected chi connectivity index (χ1v) is 10.8. The Morgan fingerprint density at radius 1 is 1.07 bits per heavy atom. The second-order valence-electron chi connectivity index (χ2n) is 7.59. The van der Waals surface area contributed by atoms with Crippen LogP contribution < -0.4 is 15.8 Å². The maximum absolute atomic E-state index is 13.2. The number of fused-ring (bicyclic) bond motifs is 1. The first-order valence-electron chi connectivity index (χ1n) is 10.4. The lowest BCUT2D eigenvalue weighted by Crippen LogP contribution is -2.37. The van der Waals surface area contributed by atoms with Crippen LogP contribution in [0.4, 0.5) is 5.95 Å². The van der Waals surface area contributed by atoms with Gasteiger partial charge in [0.05, 0.1) is 10.9 Å². The first-order chi connectivity index (χ1) is 14.6. The Bertz CT molecular complexity index is 1110. The maximum Gasteiger partial charge on any atom is 0.262 e. The van der Waals surface area contributed by atoms with Gasteiger partial charge < -0.3 is 10.2 Å². The molecule has 0 spiro atoms. The molecule has 1 aliphatic rings. The third-order valence-corrected chi connectivity index (χ3v) is 5.66. The third kappa shape index (κ3) is 4.65. The molecule has 0 aliphatic carbocycles. The Labute approximate surface area is 180 Å². The van der Waals surface area contributed by atoms with Crippen LogP contribution in [0.2, 0.25) is 5.02 Å². The van der Waals surface area contributed by atoms with Crippen molar-refractivity contribution in [2.45, 2.75) is 38.8 Å². The van der Waals surface area contributed by atoms with Crippen LogP contribution in [0, 0.1) is 0 Å². The van der Waals surface area contributed by atoms with Gasteiger partial charge in [-0.2, -0.15) is 0 Å². The molecule has 4 rings (SSSR count). The molecule has 1 fully saturated rings. The number of nitrogens with zero attached hydrogens (tertiary/aromatic N) is 3. The van der Waals surface area contributed by atoms with Crippen molar-refractivity contribution in [3.63, 3.8) is 0 Å². The number of rotatable bonds is 6. The third-order valence-electron chi connectivity index (χ3n) is 5.42. The van der Waals surface area contributed by atoms with E-state index in [1.54, 1.807) is 16.7 Å². The summed E-state index contributed by atoms with van der Waals surface area (Å²) in [5, 5.41) is 4.13. The molecule has 1 amide bonds. The van der Waals surface area contributed by atoms with Crippen LogP contribution in [-0.2, 0) is 17.9 Å². The van der Waals surface area contributed by atoms with Crippen LogP contribution in [0.25, 0.3) is 10.9 Å². The van der Waals surface area contributed by atoms with E-state index in [2.05, 4.69) is 10.2 Å². The van der Waals surface area contributed by atoms with Gasteiger partial charge in [0, 0.05) is 37.6 Å². The Hall–Kier alpha value is -2.86. The molecule has 1 aliphatic heterocycles. The van der Waals surface area contributed by atoms with Crippen LogP contribution in [-0.4, -0.2) is 28.5 Å². The summed E-state index contributed by atoms with van der Waals surface area (Å²) < 4.78 is 1.66. The van der Waals surface area contributed by atoms with Gasteiger partial charge in [-0.15, -0.1) is 0 Å². The van der Waals surface area contributed by atoms with E-state index in [0.29, 0.717) is 35.0 Å². The topological polar surface area (TPSA) is 67.2 Å². The fourth-order valence-corrected chi connectivity index (χ4v) is 4.06. The number of hydrogen-bond acceptors (Lipinski definition) is 4. The SMILES string of the molecule is O=C(CCn1c(N2CCCCC2)nc2ccccc2c1=O)NCc1cccc(Cl)c1. The summed E-state index contributed by atoms with van der Waals surface area (Å²) in [7, 11) is 0. The zero-order valence-electron chi connectivity index (χ0n) is 16.8. The molecule has 1 saturated heterocycles. The molecular formula is C23H25ClN4O2. The number of anilines is 1. The number of aromatic nitrogens is 2. The van der Waals surface area contributed by atoms with Crippen molar-refractivity contribution in [3.8, 4) is 0 Å². The largest absolute Gasteiger partial charge is 0.352 e. The molecule has 0 unspecified atom stereocenters. The van der Waals surface area contributed by atoms with Crippen LogP contribution in [0.5, 0.6) is 0 Å². The molecule has 0 bridgehead atoms. The average molecular weight is 425 g/mol. The Morgan fingerprint density at radius 2 is 1.87 bits per heavy atom. The van der Waals surface area contributed by atoms with Crippen molar-refractivity contribution in [1.29, 1.82) is 0 Å². The number of carbonyl (C=O) groups excluding carboxylic acids is 1. The Morgan fingerprint density at radius 3 is 2.67 bits per heavy atom. The summed E-state index contributed by atoms with van der Waals surface area (Å²) in [6.45, 7) is 2.46. The second-order valence-corrected chi connectivity index (χ2v) is 8.03. The van der Waals surface area contributed by atoms with Crippen molar-refractivity contribution in [2.75, 3.05) is 18.0 Å². The number of carbonyl (C=O) groups is 1. The normalized spacial score (nSPS) is 14.1. The van der Waals surface area contributed by atoms with Crippen molar-refractivity contribution in [1.82, 2.24) is 14.9 Å². The summed E-state index contributed by atoms with van der Waals surface area (Å²) >= 11 is 6.00. The maximum atomic E-state index is 13.2. The summed E-state index contributed by atoms with van der Waals surface area (Å²) in [5.41, 5.74) is 1.54. The van der Waals surface area contributed by atoms with Gasteiger partial charge in [0.1, 0.15) is 0 Å². The van der Waals surface area contributed by atoms with Gasteiger partial charge in [-0.1, -0.05) is 35.9 Å². The van der Waals surface area contributed by atoms with Crippen molar-refractivity contribution in [2.24, 2.45) is 0 Å². The molecule has 1 N–H and O–H groups in total. The quantitative estimate of drug-likeness (QED) is 0.654. The zero-order chi connectivity index (χ0) is 20.9. The lowest BCUT2D eigenvalue weighted by Gasteiger charge is -2.29. The minimum atomic E-state index is -0.111. The van der Waals surface area contributed by atoms with E-state index in [1.165, 1.54) is 6.42 Å². The standard InChI is InChI=1S/C23H25ClN4O2/c24-18-8-6-7-17(15-18)16-25-21(29)11-14-28-22(30)19-9-2-3-10-20(19)26-23(28)27-12-4-1-5-13-27/h2-3,6-10,15H,1,4-5,11-14,16H2,(H,25,29). The smallest absolute Gasteiger partial charge is 0.262 e. The van der Waals surface area contributed by atoms with E-state index in [-0.39, 0.29) is 17.9 Å². The second kappa shape index (κ2) is 9.30. The highest BCUT2D eigenvalue weighted by molar-refractivity contribution is 6.30. The summed E-state index contributed by atoms with van der Waals surface area (Å²) in [6.07, 6.45) is 3.58. The van der Waals surface area contributed by atoms with Gasteiger partial charge in [0.15, 0.2) is 0 Å². The Balaban J connectivity index is 1.52. The molecule has 7 heteroatoms. The van der Waals surface area contributed by atoms with E-state index >= 15 is 0 Å². The van der Waals surface area contributed by atoms with E-state index in [9.17, 15) is 9.59 Å². The van der Waals surface area contributed by atoms with Gasteiger partial charge in [0.2, 0.25) is 11.9 Å². The number of halogens is 1. The van der Waals surface area contributed by atoms with E-state index in [0.717, 1.165) is 31.5 Å². The van der Waals surface area contributed by atoms with E-state index in [4.69, 9.17) is 16.6 Å². The molecule has 2 aromatic carbocycles. The predicted octanol–water partition coefficient (Wildman–Crippen LogP) is 3.75. The van der Waals surface area contributed by atoms with Crippen LogP contribution in [0.15, 0.2) is 53.3 Å². The summed E-state index contributed by atoms with van der Waals surface area (Å²) in [4.78, 5) is 32.6. The lowest BCUT2D eigenvalue weighted by molar-refractivity contribution is -0.121. The molecular weight excluding hydrogens is 400 g/mol. The number of nitrogens with one attached hydrogen (secondary N) is 1. The molecule has 3 aromatic rings. The molecule has 0 saturated carbocycles. The fourth-order valence-electron chi connectivity index (χ4n) is 3.84. The minimum absolute atomic E-state index is 0.0937. The number of amides is 1. The number of piperidine rings is 1. The van der Waals surface area contributed by atoms with E-state index < -0.39 is 0 Å². The molecule has 2 heterocycles. The minimum Gasteiger partial charge on any atom is -0.352 e. The molecule has 30 heavy (non-hydrogen) atoms. The summed E-state index contributed by atoms with van der Waals surface area (Å²) in [5.74, 6) is 0.556. The Kier molecular flexibility index (Phi) is 6.33.